The number of rotatable bonds is 3. The van der Waals surface area contributed by atoms with Crippen LogP contribution in [0.1, 0.15) is 15.9 Å². The van der Waals surface area contributed by atoms with Crippen LogP contribution in [0.15, 0.2) is 77.6 Å². The molecule has 0 aliphatic carbocycles. The number of nitrogens with one attached hydrogen (secondary N) is 1. The fraction of sp³-hybridized carbons (Fsp3) is 0.0833. The van der Waals surface area contributed by atoms with Crippen molar-refractivity contribution in [2.24, 2.45) is 7.05 Å². The summed E-state index contributed by atoms with van der Waals surface area (Å²) in [6, 6.07) is 20.2. The van der Waals surface area contributed by atoms with E-state index in [9.17, 15) is 14.0 Å². The number of amides is 1. The van der Waals surface area contributed by atoms with Crippen molar-refractivity contribution in [1.29, 1.82) is 0 Å². The Kier molecular flexibility index (Phi) is 4.72. The number of benzene rings is 3. The van der Waals surface area contributed by atoms with Crippen LogP contribution in [0.4, 0.5) is 10.2 Å². The number of halogens is 1. The second-order valence-electron chi connectivity index (χ2n) is 6.96. The van der Waals surface area contributed by atoms with Gasteiger partial charge in [0.05, 0.1) is 11.1 Å². The highest BCUT2D eigenvalue weighted by Crippen LogP contribution is 2.29. The smallest absolute Gasteiger partial charge is 0.256 e. The zero-order valence-corrected chi connectivity index (χ0v) is 16.1. The Labute approximate surface area is 167 Å². The molecule has 0 unspecified atom stereocenters. The van der Waals surface area contributed by atoms with Crippen molar-refractivity contribution in [3.8, 4) is 11.1 Å². The van der Waals surface area contributed by atoms with Gasteiger partial charge in [-0.15, -0.1) is 0 Å². The van der Waals surface area contributed by atoms with Gasteiger partial charge in [0.1, 0.15) is 11.6 Å². The third kappa shape index (κ3) is 3.43. The highest BCUT2D eigenvalue weighted by Gasteiger charge is 2.19. The molecule has 0 saturated carbocycles. The second-order valence-corrected chi connectivity index (χ2v) is 6.96. The second kappa shape index (κ2) is 7.36. The zero-order chi connectivity index (χ0) is 20.5. The molecule has 0 spiro atoms. The van der Waals surface area contributed by atoms with Crippen LogP contribution in [0.5, 0.6) is 0 Å². The number of fused-ring (bicyclic) bond motifs is 1. The molecule has 0 fully saturated rings. The van der Waals surface area contributed by atoms with Gasteiger partial charge in [-0.3, -0.25) is 9.59 Å². The number of aromatic nitrogens is 1. The summed E-state index contributed by atoms with van der Waals surface area (Å²) in [5, 5.41) is 3.44. The molecule has 0 bridgehead atoms. The highest BCUT2D eigenvalue weighted by atomic mass is 19.1. The summed E-state index contributed by atoms with van der Waals surface area (Å²) in [7, 11) is 1.81. The van der Waals surface area contributed by atoms with E-state index in [1.54, 1.807) is 17.7 Å². The number of hydrogen-bond donors (Lipinski definition) is 1. The van der Waals surface area contributed by atoms with E-state index < -0.39 is 11.7 Å². The first-order chi connectivity index (χ1) is 14.0. The molecule has 0 aliphatic heterocycles. The highest BCUT2D eigenvalue weighted by molar-refractivity contribution is 6.06. The predicted octanol–water partition coefficient (Wildman–Crippen LogP) is 4.91. The summed E-state index contributed by atoms with van der Waals surface area (Å²) in [4.78, 5) is 26.1. The Hall–Kier alpha value is -3.73. The Bertz CT molecular complexity index is 1270. The lowest BCUT2D eigenvalue weighted by Crippen LogP contribution is -2.21. The molecule has 29 heavy (non-hydrogen) atoms. The predicted molar refractivity (Wildman–Crippen MR) is 114 cm³/mol. The first-order valence-electron chi connectivity index (χ1n) is 9.21. The van der Waals surface area contributed by atoms with Crippen molar-refractivity contribution in [3.63, 3.8) is 0 Å². The Morgan fingerprint density at radius 2 is 1.59 bits per heavy atom. The molecule has 0 aliphatic rings. The van der Waals surface area contributed by atoms with Crippen molar-refractivity contribution in [2.75, 3.05) is 5.32 Å². The number of anilines is 1. The van der Waals surface area contributed by atoms with Crippen molar-refractivity contribution in [2.45, 2.75) is 6.92 Å². The minimum absolute atomic E-state index is 0.156. The average Bonchev–Trinajstić information content (AvgIpc) is 2.73. The minimum atomic E-state index is -0.417. The number of carbonyl (C=O) groups is 1. The van der Waals surface area contributed by atoms with E-state index in [2.05, 4.69) is 5.32 Å². The number of para-hydroxylation sites is 1. The van der Waals surface area contributed by atoms with E-state index in [-0.39, 0.29) is 5.43 Å². The van der Waals surface area contributed by atoms with Gasteiger partial charge in [-0.1, -0.05) is 42.0 Å². The first kappa shape index (κ1) is 18.6. The fourth-order valence-electron chi connectivity index (χ4n) is 3.40. The van der Waals surface area contributed by atoms with Crippen LogP contribution in [-0.4, -0.2) is 10.5 Å². The lowest BCUT2D eigenvalue weighted by molar-refractivity contribution is 0.102. The number of nitrogens with zero attached hydrogens (tertiary/aromatic N) is 1. The van der Waals surface area contributed by atoms with Crippen LogP contribution in [0.25, 0.3) is 22.0 Å². The lowest BCUT2D eigenvalue weighted by atomic mass is 10.0. The van der Waals surface area contributed by atoms with E-state index in [0.29, 0.717) is 27.8 Å². The van der Waals surface area contributed by atoms with Gasteiger partial charge in [-0.2, -0.15) is 0 Å². The quantitative estimate of drug-likeness (QED) is 0.544. The molecule has 0 radical (unpaired) electrons. The monoisotopic (exact) mass is 386 g/mol. The van der Waals surface area contributed by atoms with E-state index in [0.717, 1.165) is 11.1 Å². The summed E-state index contributed by atoms with van der Waals surface area (Å²) in [6.45, 7) is 1.97. The maximum Gasteiger partial charge on any atom is 0.256 e. The average molecular weight is 386 g/mol. The summed E-state index contributed by atoms with van der Waals surface area (Å²) in [6.07, 6.45) is 0. The molecule has 1 heterocycles. The molecule has 1 aromatic heterocycles. The molecule has 4 aromatic rings. The molecule has 0 saturated heterocycles. The molecule has 144 valence electrons. The maximum atomic E-state index is 13.3. The number of pyridine rings is 1. The van der Waals surface area contributed by atoms with Gasteiger partial charge in [0.25, 0.3) is 5.91 Å². The third-order valence-electron chi connectivity index (χ3n) is 4.99. The molecule has 4 nitrogen and oxygen atoms in total. The van der Waals surface area contributed by atoms with E-state index in [1.807, 2.05) is 49.4 Å². The molecule has 0 atom stereocenters. The van der Waals surface area contributed by atoms with Crippen molar-refractivity contribution in [1.82, 2.24) is 4.57 Å². The summed E-state index contributed by atoms with van der Waals surface area (Å²) >= 11 is 0. The number of carbonyl (C=O) groups excluding carboxylic acids is 1. The lowest BCUT2D eigenvalue weighted by Gasteiger charge is -2.18. The van der Waals surface area contributed by atoms with Gasteiger partial charge in [-0.05, 0) is 48.9 Å². The van der Waals surface area contributed by atoms with Crippen molar-refractivity contribution < 1.29 is 9.18 Å². The SMILES string of the molecule is Cc1ccc(-c2c(NC(=O)c3ccc(F)cc3)n(C)c3ccccc3c2=O)cc1. The van der Waals surface area contributed by atoms with E-state index in [1.165, 1.54) is 24.3 Å². The van der Waals surface area contributed by atoms with Crippen LogP contribution < -0.4 is 10.7 Å². The summed E-state index contributed by atoms with van der Waals surface area (Å²) < 4.78 is 15.0. The summed E-state index contributed by atoms with van der Waals surface area (Å²) in [5.41, 5.74) is 3.07. The molecule has 4 rings (SSSR count). The first-order valence-corrected chi connectivity index (χ1v) is 9.21. The normalized spacial score (nSPS) is 10.9. The van der Waals surface area contributed by atoms with Crippen LogP contribution in [0.3, 0.4) is 0 Å². The topological polar surface area (TPSA) is 51.1 Å². The third-order valence-corrected chi connectivity index (χ3v) is 4.99. The van der Waals surface area contributed by atoms with Crippen LogP contribution in [0.2, 0.25) is 0 Å². The van der Waals surface area contributed by atoms with Gasteiger partial charge in [0.2, 0.25) is 0 Å². The van der Waals surface area contributed by atoms with Crippen molar-refractivity contribution in [3.05, 3.63) is 100.0 Å². The Morgan fingerprint density at radius 1 is 0.931 bits per heavy atom. The van der Waals surface area contributed by atoms with Crippen LogP contribution >= 0.6 is 0 Å². The summed E-state index contributed by atoms with van der Waals surface area (Å²) in [5.74, 6) is -0.435. The standard InChI is InChI=1S/C24H19FN2O2/c1-15-7-9-16(10-8-15)21-22(28)19-5-3-4-6-20(19)27(2)23(21)26-24(29)17-11-13-18(25)14-12-17/h3-14H,1-2H3,(H,26,29). The Morgan fingerprint density at radius 3 is 2.28 bits per heavy atom. The van der Waals surface area contributed by atoms with E-state index >= 15 is 0 Å². The Balaban J connectivity index is 1.93. The molecular weight excluding hydrogens is 367 g/mol. The fourth-order valence-corrected chi connectivity index (χ4v) is 3.40. The maximum absolute atomic E-state index is 13.3. The van der Waals surface area contributed by atoms with Gasteiger partial charge in [0, 0.05) is 18.0 Å². The van der Waals surface area contributed by atoms with Gasteiger partial charge >= 0.3 is 0 Å². The molecule has 1 amide bonds. The van der Waals surface area contributed by atoms with E-state index in [4.69, 9.17) is 0 Å². The van der Waals surface area contributed by atoms with Crippen LogP contribution in [0, 0.1) is 12.7 Å². The molecule has 1 N–H and O–H groups in total. The number of aryl methyl sites for hydroxylation is 2. The molecule has 3 aromatic carbocycles. The van der Waals surface area contributed by atoms with Gasteiger partial charge < -0.3 is 9.88 Å². The molecular formula is C24H19FN2O2. The van der Waals surface area contributed by atoms with Crippen molar-refractivity contribution >= 4 is 22.6 Å². The largest absolute Gasteiger partial charge is 0.330 e. The van der Waals surface area contributed by atoms with Gasteiger partial charge in [0.15, 0.2) is 5.43 Å². The number of hydrogen-bond acceptors (Lipinski definition) is 2. The van der Waals surface area contributed by atoms with Gasteiger partial charge in [-0.25, -0.2) is 4.39 Å². The van der Waals surface area contributed by atoms with Crippen LogP contribution in [-0.2, 0) is 7.05 Å². The molecule has 5 heteroatoms. The zero-order valence-electron chi connectivity index (χ0n) is 16.1. The minimum Gasteiger partial charge on any atom is -0.330 e.